The Hall–Kier alpha value is -1.83. The van der Waals surface area contributed by atoms with E-state index in [2.05, 4.69) is 0 Å². The Bertz CT molecular complexity index is 448. The quantitative estimate of drug-likeness (QED) is 0.575. The molecule has 0 aliphatic carbocycles. The van der Waals surface area contributed by atoms with Crippen LogP contribution in [0.2, 0.25) is 0 Å². The highest BCUT2D eigenvalue weighted by atomic mass is 17.2. The zero-order chi connectivity index (χ0) is 11.4. The average Bonchev–Trinajstić information content (AvgIpc) is 2.35. The summed E-state index contributed by atoms with van der Waals surface area (Å²) >= 11 is 0. The van der Waals surface area contributed by atoms with Crippen LogP contribution >= 0.6 is 0 Å². The van der Waals surface area contributed by atoms with E-state index in [4.69, 9.17) is 19.8 Å². The third-order valence-corrected chi connectivity index (χ3v) is 2.12. The molecule has 0 spiro atoms. The lowest BCUT2D eigenvalue weighted by Gasteiger charge is -2.22. The summed E-state index contributed by atoms with van der Waals surface area (Å²) in [6, 6.07) is 9.48. The molecule has 0 amide bonds. The van der Waals surface area contributed by atoms with Gasteiger partial charge in [0.05, 0.1) is 6.61 Å². The highest BCUT2D eigenvalue weighted by molar-refractivity contribution is 5.65. The topological polar surface area (TPSA) is 51.5 Å². The Morgan fingerprint density at radius 2 is 2.25 bits per heavy atom. The van der Waals surface area contributed by atoms with Gasteiger partial charge in [0.1, 0.15) is 17.4 Å². The van der Waals surface area contributed by atoms with E-state index in [1.54, 1.807) is 13.0 Å². The second-order valence-corrected chi connectivity index (χ2v) is 3.20. The molecule has 0 N–H and O–H groups in total. The number of nitriles is 1. The van der Waals surface area contributed by atoms with E-state index in [1.165, 1.54) is 0 Å². The van der Waals surface area contributed by atoms with Crippen molar-refractivity contribution >= 4 is 6.08 Å². The normalized spacial score (nSPS) is 18.0. The first-order valence-corrected chi connectivity index (χ1v) is 5.00. The fraction of sp³-hybridized carbons (Fsp3) is 0.250. The molecule has 1 unspecified atom stereocenters. The summed E-state index contributed by atoms with van der Waals surface area (Å²) in [7, 11) is 0. The summed E-state index contributed by atoms with van der Waals surface area (Å²) in [5.41, 5.74) is 1.27. The minimum absolute atomic E-state index is 0.396. The first-order chi connectivity index (χ1) is 7.85. The molecule has 4 nitrogen and oxygen atoms in total. The van der Waals surface area contributed by atoms with E-state index < -0.39 is 6.29 Å². The lowest BCUT2D eigenvalue weighted by molar-refractivity contribution is -0.348. The van der Waals surface area contributed by atoms with Gasteiger partial charge < -0.3 is 4.74 Å². The second kappa shape index (κ2) is 4.79. The van der Waals surface area contributed by atoms with Gasteiger partial charge in [-0.1, -0.05) is 18.2 Å². The average molecular weight is 217 g/mol. The van der Waals surface area contributed by atoms with Crippen LogP contribution < -0.4 is 4.74 Å². The van der Waals surface area contributed by atoms with Crippen LogP contribution in [0.1, 0.15) is 12.5 Å². The van der Waals surface area contributed by atoms with Crippen LogP contribution in [0.4, 0.5) is 0 Å². The van der Waals surface area contributed by atoms with E-state index in [-0.39, 0.29) is 0 Å². The van der Waals surface area contributed by atoms with Crippen molar-refractivity contribution in [1.29, 1.82) is 5.26 Å². The van der Waals surface area contributed by atoms with E-state index in [9.17, 15) is 0 Å². The van der Waals surface area contributed by atoms with Crippen molar-refractivity contribution < 1.29 is 14.5 Å². The van der Waals surface area contributed by atoms with Gasteiger partial charge in [-0.15, -0.1) is 0 Å². The molecule has 0 saturated heterocycles. The monoisotopic (exact) mass is 217 g/mol. The van der Waals surface area contributed by atoms with Crippen molar-refractivity contribution in [3.63, 3.8) is 0 Å². The van der Waals surface area contributed by atoms with Crippen molar-refractivity contribution in [2.45, 2.75) is 13.2 Å². The maximum atomic E-state index is 8.95. The molecule has 1 aliphatic rings. The largest absolute Gasteiger partial charge is 0.456 e. The van der Waals surface area contributed by atoms with Crippen LogP contribution in [0.5, 0.6) is 5.75 Å². The molecule has 0 fully saturated rings. The summed E-state index contributed by atoms with van der Waals surface area (Å²) in [6.45, 7) is 2.20. The summed E-state index contributed by atoms with van der Waals surface area (Å²) in [4.78, 5) is 9.78. The van der Waals surface area contributed by atoms with E-state index >= 15 is 0 Å². The highest BCUT2D eigenvalue weighted by Gasteiger charge is 2.23. The first kappa shape index (κ1) is 10.7. The molecule has 4 heteroatoms. The van der Waals surface area contributed by atoms with Gasteiger partial charge in [-0.3, -0.25) is 0 Å². The zero-order valence-corrected chi connectivity index (χ0v) is 8.84. The lowest BCUT2D eigenvalue weighted by atomic mass is 10.1. The summed E-state index contributed by atoms with van der Waals surface area (Å²) in [6.07, 6.45) is 0.961. The van der Waals surface area contributed by atoms with Gasteiger partial charge in [-0.05, 0) is 19.1 Å². The van der Waals surface area contributed by atoms with Gasteiger partial charge in [0.2, 0.25) is 0 Å². The van der Waals surface area contributed by atoms with Gasteiger partial charge in [0.15, 0.2) is 0 Å². The number of rotatable bonds is 3. The molecule has 1 aromatic rings. The second-order valence-electron chi connectivity index (χ2n) is 3.20. The van der Waals surface area contributed by atoms with Gasteiger partial charge in [-0.25, -0.2) is 4.89 Å². The molecule has 82 valence electrons. The van der Waals surface area contributed by atoms with Crippen LogP contribution in [-0.2, 0) is 9.78 Å². The number of hydrogen-bond acceptors (Lipinski definition) is 4. The number of hydrogen-bond donors (Lipinski definition) is 0. The van der Waals surface area contributed by atoms with E-state index in [0.717, 1.165) is 5.56 Å². The molecule has 1 aliphatic heterocycles. The fourth-order valence-corrected chi connectivity index (χ4v) is 1.41. The van der Waals surface area contributed by atoms with Crippen LogP contribution in [0.15, 0.2) is 29.8 Å². The molecular weight excluding hydrogens is 206 g/mol. The summed E-state index contributed by atoms with van der Waals surface area (Å²) in [5.74, 6) is 0.686. The molecule has 0 radical (unpaired) electrons. The number of ether oxygens (including phenoxy) is 1. The third-order valence-electron chi connectivity index (χ3n) is 2.12. The maximum absolute atomic E-state index is 8.95. The van der Waals surface area contributed by atoms with Crippen LogP contribution in [-0.4, -0.2) is 12.9 Å². The predicted octanol–water partition coefficient (Wildman–Crippen LogP) is 2.28. The maximum Gasteiger partial charge on any atom is 0.266 e. The SMILES string of the molecule is CCOOC1Oc2ccccc2C=C1C#N. The zero-order valence-electron chi connectivity index (χ0n) is 8.84. The third kappa shape index (κ3) is 2.06. The standard InChI is InChI=1S/C12H11NO3/c1-2-14-16-12-10(8-13)7-9-5-3-4-6-11(9)15-12/h3-7,12H,2H2,1H3. The molecule has 1 heterocycles. The van der Waals surface area contributed by atoms with Gasteiger partial charge in [0.25, 0.3) is 6.29 Å². The smallest absolute Gasteiger partial charge is 0.266 e. The predicted molar refractivity (Wildman–Crippen MR) is 57.2 cm³/mol. The molecule has 0 bridgehead atoms. The Morgan fingerprint density at radius 3 is 3.00 bits per heavy atom. The Kier molecular flexibility index (Phi) is 3.20. The van der Waals surface area contributed by atoms with Crippen molar-refractivity contribution in [2.75, 3.05) is 6.61 Å². The molecule has 2 rings (SSSR count). The fourth-order valence-electron chi connectivity index (χ4n) is 1.41. The number of nitrogens with zero attached hydrogens (tertiary/aromatic N) is 1. The number of fused-ring (bicyclic) bond motifs is 1. The molecule has 0 aromatic heterocycles. The molecule has 0 saturated carbocycles. The minimum atomic E-state index is -0.778. The molecular formula is C12H11NO3. The first-order valence-electron chi connectivity index (χ1n) is 5.00. The summed E-state index contributed by atoms with van der Waals surface area (Å²) < 4.78 is 5.50. The Morgan fingerprint density at radius 1 is 1.44 bits per heavy atom. The summed E-state index contributed by atoms with van der Waals surface area (Å²) in [5, 5.41) is 8.95. The van der Waals surface area contributed by atoms with Gasteiger partial charge in [0, 0.05) is 5.56 Å². The van der Waals surface area contributed by atoms with Crippen LogP contribution in [0, 0.1) is 11.3 Å². The number of benzene rings is 1. The Balaban J connectivity index is 2.25. The van der Waals surface area contributed by atoms with E-state index in [1.807, 2.05) is 30.3 Å². The van der Waals surface area contributed by atoms with Gasteiger partial charge >= 0.3 is 0 Å². The minimum Gasteiger partial charge on any atom is -0.456 e. The molecule has 16 heavy (non-hydrogen) atoms. The van der Waals surface area contributed by atoms with E-state index in [0.29, 0.717) is 17.9 Å². The lowest BCUT2D eigenvalue weighted by Crippen LogP contribution is -2.25. The number of para-hydroxylation sites is 1. The van der Waals surface area contributed by atoms with Crippen LogP contribution in [0.3, 0.4) is 0 Å². The van der Waals surface area contributed by atoms with Crippen molar-refractivity contribution in [3.05, 3.63) is 35.4 Å². The van der Waals surface area contributed by atoms with Crippen molar-refractivity contribution in [2.24, 2.45) is 0 Å². The molecule has 1 atom stereocenters. The Labute approximate surface area is 93.6 Å². The van der Waals surface area contributed by atoms with Crippen molar-refractivity contribution in [3.8, 4) is 11.8 Å². The highest BCUT2D eigenvalue weighted by Crippen LogP contribution is 2.29. The van der Waals surface area contributed by atoms with Crippen LogP contribution in [0.25, 0.3) is 6.08 Å². The molecule has 1 aromatic carbocycles. The van der Waals surface area contributed by atoms with Crippen molar-refractivity contribution in [1.82, 2.24) is 0 Å². The van der Waals surface area contributed by atoms with Gasteiger partial charge in [-0.2, -0.15) is 10.1 Å².